The number of carbonyl (C=O) groups is 1. The predicted octanol–water partition coefficient (Wildman–Crippen LogP) is 3.02. The largest absolute Gasteiger partial charge is 0.510 e. The van der Waals surface area contributed by atoms with Crippen molar-refractivity contribution < 1.29 is 9.90 Å². The SMILES string of the molecule is CCCCCCCCNC(=O)C(N=O)=C(C)O. The monoisotopic (exact) mass is 242 g/mol. The van der Waals surface area contributed by atoms with Crippen molar-refractivity contribution in [1.29, 1.82) is 0 Å². The van der Waals surface area contributed by atoms with Gasteiger partial charge in [-0.3, -0.25) is 4.79 Å². The first kappa shape index (κ1) is 15.6. The van der Waals surface area contributed by atoms with Gasteiger partial charge >= 0.3 is 0 Å². The molecule has 0 radical (unpaired) electrons. The fraction of sp³-hybridized carbons (Fsp3) is 0.750. The highest BCUT2D eigenvalue weighted by molar-refractivity contribution is 5.93. The van der Waals surface area contributed by atoms with Crippen LogP contribution >= 0.6 is 0 Å². The number of nitrogens with zero attached hydrogens (tertiary/aromatic N) is 1. The van der Waals surface area contributed by atoms with E-state index in [1.165, 1.54) is 26.2 Å². The number of nitroso groups, excluding NO2 is 1. The summed E-state index contributed by atoms with van der Waals surface area (Å²) in [6, 6.07) is 0. The number of carbonyl (C=O) groups excluding carboxylic acids is 1. The summed E-state index contributed by atoms with van der Waals surface area (Å²) in [5, 5.41) is 14.1. The van der Waals surface area contributed by atoms with E-state index in [0.717, 1.165) is 19.3 Å². The lowest BCUT2D eigenvalue weighted by Crippen LogP contribution is -2.26. The molecule has 0 saturated heterocycles. The van der Waals surface area contributed by atoms with Gasteiger partial charge in [0.15, 0.2) is 0 Å². The number of rotatable bonds is 9. The first-order valence-electron chi connectivity index (χ1n) is 6.14. The van der Waals surface area contributed by atoms with Gasteiger partial charge in [-0.15, -0.1) is 4.91 Å². The van der Waals surface area contributed by atoms with E-state index in [1.54, 1.807) is 0 Å². The zero-order valence-electron chi connectivity index (χ0n) is 10.7. The molecule has 0 aliphatic rings. The molecule has 0 fully saturated rings. The van der Waals surface area contributed by atoms with Crippen LogP contribution in [0.25, 0.3) is 0 Å². The molecule has 5 nitrogen and oxygen atoms in total. The van der Waals surface area contributed by atoms with Gasteiger partial charge in [0.1, 0.15) is 5.76 Å². The number of hydrogen-bond donors (Lipinski definition) is 2. The maximum absolute atomic E-state index is 11.3. The molecule has 17 heavy (non-hydrogen) atoms. The number of unbranched alkanes of at least 4 members (excludes halogenated alkanes) is 5. The summed E-state index contributed by atoms with van der Waals surface area (Å²) in [7, 11) is 0. The molecule has 0 aromatic rings. The molecule has 0 aliphatic carbocycles. The van der Waals surface area contributed by atoms with Crippen LogP contribution in [0.1, 0.15) is 52.4 Å². The van der Waals surface area contributed by atoms with Crippen LogP contribution in [-0.2, 0) is 4.79 Å². The summed E-state index contributed by atoms with van der Waals surface area (Å²) in [4.78, 5) is 21.6. The average molecular weight is 242 g/mol. The van der Waals surface area contributed by atoms with Crippen molar-refractivity contribution in [3.63, 3.8) is 0 Å². The van der Waals surface area contributed by atoms with Gasteiger partial charge in [0.25, 0.3) is 5.91 Å². The van der Waals surface area contributed by atoms with E-state index in [0.29, 0.717) is 6.54 Å². The van der Waals surface area contributed by atoms with E-state index < -0.39 is 11.6 Å². The number of allylic oxidation sites excluding steroid dienone is 1. The Labute approximate surface area is 102 Å². The van der Waals surface area contributed by atoms with Gasteiger partial charge in [-0.05, 0) is 18.5 Å². The minimum Gasteiger partial charge on any atom is -0.510 e. The van der Waals surface area contributed by atoms with Crippen molar-refractivity contribution in [3.8, 4) is 0 Å². The summed E-state index contributed by atoms with van der Waals surface area (Å²) >= 11 is 0. The first-order valence-corrected chi connectivity index (χ1v) is 6.14. The number of aliphatic hydroxyl groups is 1. The molecular weight excluding hydrogens is 220 g/mol. The molecule has 0 bridgehead atoms. The van der Waals surface area contributed by atoms with Gasteiger partial charge < -0.3 is 10.4 Å². The quantitative estimate of drug-likeness (QED) is 0.282. The minimum absolute atomic E-state index is 0.347. The van der Waals surface area contributed by atoms with Crippen LogP contribution in [0.2, 0.25) is 0 Å². The molecular formula is C12H22N2O3. The topological polar surface area (TPSA) is 78.8 Å². The van der Waals surface area contributed by atoms with Crippen LogP contribution in [0.4, 0.5) is 0 Å². The highest BCUT2D eigenvalue weighted by Crippen LogP contribution is 2.05. The van der Waals surface area contributed by atoms with E-state index >= 15 is 0 Å². The Morgan fingerprint density at radius 3 is 2.29 bits per heavy atom. The predicted molar refractivity (Wildman–Crippen MR) is 67.5 cm³/mol. The Morgan fingerprint density at radius 2 is 1.76 bits per heavy atom. The van der Waals surface area contributed by atoms with E-state index in [4.69, 9.17) is 5.11 Å². The maximum atomic E-state index is 11.3. The molecule has 0 atom stereocenters. The van der Waals surface area contributed by atoms with Crippen molar-refractivity contribution in [3.05, 3.63) is 16.4 Å². The van der Waals surface area contributed by atoms with Gasteiger partial charge in [0.2, 0.25) is 5.70 Å². The van der Waals surface area contributed by atoms with Crippen LogP contribution in [0.15, 0.2) is 16.6 Å². The fourth-order valence-electron chi connectivity index (χ4n) is 1.46. The van der Waals surface area contributed by atoms with E-state index in [2.05, 4.69) is 17.4 Å². The Balaban J connectivity index is 3.65. The van der Waals surface area contributed by atoms with Crippen molar-refractivity contribution >= 4 is 5.91 Å². The van der Waals surface area contributed by atoms with Crippen LogP contribution < -0.4 is 5.32 Å². The summed E-state index contributed by atoms with van der Waals surface area (Å²) in [5.74, 6) is -0.950. The third-order valence-corrected chi connectivity index (χ3v) is 2.46. The average Bonchev–Trinajstić information content (AvgIpc) is 2.28. The van der Waals surface area contributed by atoms with Gasteiger partial charge in [0.05, 0.1) is 0 Å². The second kappa shape index (κ2) is 9.81. The molecule has 0 aromatic heterocycles. The minimum atomic E-state index is -0.603. The van der Waals surface area contributed by atoms with E-state index in [9.17, 15) is 9.70 Å². The molecule has 0 spiro atoms. The highest BCUT2D eigenvalue weighted by atomic mass is 16.3. The van der Waals surface area contributed by atoms with Gasteiger partial charge in [-0.2, -0.15) is 0 Å². The Hall–Kier alpha value is -1.39. The summed E-state index contributed by atoms with van der Waals surface area (Å²) in [5.41, 5.74) is -0.434. The normalized spacial score (nSPS) is 11.9. The van der Waals surface area contributed by atoms with Gasteiger partial charge in [-0.1, -0.05) is 39.0 Å². The molecule has 0 rings (SSSR count). The standard InChI is InChI=1S/C12H22N2O3/c1-3-4-5-6-7-8-9-13-12(16)11(14-17)10(2)15/h15H,3-9H2,1-2H3,(H,13,16). The third-order valence-electron chi connectivity index (χ3n) is 2.46. The zero-order chi connectivity index (χ0) is 13.1. The van der Waals surface area contributed by atoms with Crippen LogP contribution in [0.3, 0.4) is 0 Å². The first-order chi connectivity index (χ1) is 8.13. The zero-order valence-corrected chi connectivity index (χ0v) is 10.7. The van der Waals surface area contributed by atoms with Crippen LogP contribution in [-0.4, -0.2) is 17.6 Å². The lowest BCUT2D eigenvalue weighted by molar-refractivity contribution is -0.117. The van der Waals surface area contributed by atoms with Crippen molar-refractivity contribution in [2.45, 2.75) is 52.4 Å². The maximum Gasteiger partial charge on any atom is 0.277 e. The Kier molecular flexibility index (Phi) is 9.01. The summed E-state index contributed by atoms with van der Waals surface area (Å²) in [6.45, 7) is 3.94. The third kappa shape index (κ3) is 7.49. The smallest absolute Gasteiger partial charge is 0.277 e. The summed E-state index contributed by atoms with van der Waals surface area (Å²) in [6.07, 6.45) is 6.79. The number of nitrogens with one attached hydrogen (secondary N) is 1. The van der Waals surface area contributed by atoms with Gasteiger partial charge in [-0.25, -0.2) is 0 Å². The lowest BCUT2D eigenvalue weighted by atomic mass is 10.1. The number of aliphatic hydroxyl groups excluding tert-OH is 1. The molecule has 0 unspecified atom stereocenters. The van der Waals surface area contributed by atoms with Crippen molar-refractivity contribution in [2.24, 2.45) is 5.18 Å². The van der Waals surface area contributed by atoms with Gasteiger partial charge in [0, 0.05) is 6.54 Å². The van der Waals surface area contributed by atoms with Crippen LogP contribution in [0.5, 0.6) is 0 Å². The molecule has 5 heteroatoms. The molecule has 98 valence electrons. The summed E-state index contributed by atoms with van der Waals surface area (Å²) < 4.78 is 0. The molecule has 0 aliphatic heterocycles. The highest BCUT2D eigenvalue weighted by Gasteiger charge is 2.12. The number of amides is 1. The number of hydrogen-bond acceptors (Lipinski definition) is 4. The molecule has 0 aromatic carbocycles. The van der Waals surface area contributed by atoms with Crippen molar-refractivity contribution in [2.75, 3.05) is 6.54 Å². The molecule has 0 heterocycles. The lowest BCUT2D eigenvalue weighted by Gasteiger charge is -2.04. The molecule has 0 saturated carbocycles. The second-order valence-electron chi connectivity index (χ2n) is 4.05. The van der Waals surface area contributed by atoms with Crippen LogP contribution in [0, 0.1) is 4.91 Å². The molecule has 1 amide bonds. The fourth-order valence-corrected chi connectivity index (χ4v) is 1.46. The Bertz CT molecular complexity index is 271. The molecule has 2 N–H and O–H groups in total. The van der Waals surface area contributed by atoms with E-state index in [-0.39, 0.29) is 5.76 Å². The van der Waals surface area contributed by atoms with Crippen molar-refractivity contribution in [1.82, 2.24) is 5.32 Å². The van der Waals surface area contributed by atoms with E-state index in [1.807, 2.05) is 0 Å². The Morgan fingerprint density at radius 1 is 1.18 bits per heavy atom. The second-order valence-corrected chi connectivity index (χ2v) is 4.05.